The summed E-state index contributed by atoms with van der Waals surface area (Å²) in [7, 11) is 5.82. The average Bonchev–Trinajstić information content (AvgIpc) is 2.53. The minimum absolute atomic E-state index is 0.631. The lowest BCUT2D eigenvalue weighted by atomic mass is 10.1. The van der Waals surface area contributed by atoms with Crippen molar-refractivity contribution in [1.29, 1.82) is 0 Å². The Morgan fingerprint density at radius 2 is 2.33 bits per heavy atom. The van der Waals surface area contributed by atoms with E-state index < -0.39 is 0 Å². The molecule has 1 aromatic rings. The van der Waals surface area contributed by atoms with Crippen LogP contribution in [0.3, 0.4) is 0 Å². The molecule has 1 aliphatic rings. The lowest BCUT2D eigenvalue weighted by Gasteiger charge is -2.32. The van der Waals surface area contributed by atoms with Crippen LogP contribution in [-0.2, 0) is 11.3 Å². The molecule has 5 heteroatoms. The summed E-state index contributed by atoms with van der Waals surface area (Å²) in [5.74, 6) is 1.00. The standard InChI is InChI=1S/C16H28N4O/c1-17-15-5-4-8-20(13-15)12-14-6-7-16(18-11-14)19(2)9-10-21-3/h6-7,11,15,17H,4-5,8-10,12-13H2,1-3H3. The van der Waals surface area contributed by atoms with Crippen molar-refractivity contribution in [2.45, 2.75) is 25.4 Å². The Labute approximate surface area is 128 Å². The maximum atomic E-state index is 5.10. The minimum atomic E-state index is 0.631. The van der Waals surface area contributed by atoms with Gasteiger partial charge in [0.25, 0.3) is 0 Å². The lowest BCUT2D eigenvalue weighted by Crippen LogP contribution is -2.43. The van der Waals surface area contributed by atoms with Crippen molar-refractivity contribution >= 4 is 5.82 Å². The Bertz CT molecular complexity index is 409. The molecule has 1 saturated heterocycles. The summed E-state index contributed by atoms with van der Waals surface area (Å²) in [5.41, 5.74) is 1.29. The van der Waals surface area contributed by atoms with Gasteiger partial charge in [-0.05, 0) is 38.1 Å². The van der Waals surface area contributed by atoms with E-state index in [9.17, 15) is 0 Å². The number of hydrogen-bond acceptors (Lipinski definition) is 5. The largest absolute Gasteiger partial charge is 0.383 e. The van der Waals surface area contributed by atoms with E-state index in [1.807, 2.05) is 13.2 Å². The van der Waals surface area contributed by atoms with Crippen molar-refractivity contribution in [3.05, 3.63) is 23.9 Å². The predicted octanol–water partition coefficient (Wildman–Crippen LogP) is 1.35. The molecule has 1 aromatic heterocycles. The van der Waals surface area contributed by atoms with Crippen molar-refractivity contribution in [3.63, 3.8) is 0 Å². The highest BCUT2D eigenvalue weighted by molar-refractivity contribution is 5.38. The first-order valence-electron chi connectivity index (χ1n) is 7.77. The van der Waals surface area contributed by atoms with E-state index in [2.05, 4.69) is 39.3 Å². The summed E-state index contributed by atoms with van der Waals surface area (Å²) >= 11 is 0. The van der Waals surface area contributed by atoms with Crippen molar-refractivity contribution in [2.24, 2.45) is 0 Å². The molecule has 5 nitrogen and oxygen atoms in total. The Balaban J connectivity index is 1.87. The highest BCUT2D eigenvalue weighted by Crippen LogP contribution is 2.15. The summed E-state index contributed by atoms with van der Waals surface area (Å²) in [6, 6.07) is 4.92. The highest BCUT2D eigenvalue weighted by Gasteiger charge is 2.18. The monoisotopic (exact) mass is 292 g/mol. The molecule has 2 rings (SSSR count). The van der Waals surface area contributed by atoms with Crippen LogP contribution in [0.25, 0.3) is 0 Å². The van der Waals surface area contributed by atoms with E-state index in [1.165, 1.54) is 24.9 Å². The molecule has 1 fully saturated rings. The summed E-state index contributed by atoms with van der Waals surface area (Å²) < 4.78 is 5.10. The molecule has 1 unspecified atom stereocenters. The number of pyridine rings is 1. The zero-order chi connectivity index (χ0) is 15.1. The number of methoxy groups -OCH3 is 1. The second-order valence-corrected chi connectivity index (χ2v) is 5.80. The first-order chi connectivity index (χ1) is 10.2. The summed E-state index contributed by atoms with van der Waals surface area (Å²) in [5, 5.41) is 3.39. The number of ether oxygens (including phenoxy) is 1. The number of piperidine rings is 1. The fourth-order valence-electron chi connectivity index (χ4n) is 2.77. The topological polar surface area (TPSA) is 40.6 Å². The SMILES string of the molecule is CNC1CCCN(Cc2ccc(N(C)CCOC)nc2)C1. The van der Waals surface area contributed by atoms with Gasteiger partial charge in [-0.25, -0.2) is 4.98 Å². The zero-order valence-electron chi connectivity index (χ0n) is 13.5. The molecule has 0 bridgehead atoms. The van der Waals surface area contributed by atoms with Crippen molar-refractivity contribution in [2.75, 3.05) is 52.3 Å². The number of rotatable bonds is 7. The van der Waals surface area contributed by atoms with Gasteiger partial charge in [0.05, 0.1) is 6.61 Å². The minimum Gasteiger partial charge on any atom is -0.383 e. The van der Waals surface area contributed by atoms with Gasteiger partial charge in [0.1, 0.15) is 5.82 Å². The van der Waals surface area contributed by atoms with Crippen LogP contribution in [0, 0.1) is 0 Å². The molecular formula is C16H28N4O. The third-order valence-electron chi connectivity index (χ3n) is 4.15. The summed E-state index contributed by atoms with van der Waals surface area (Å²) in [6.07, 6.45) is 4.56. The predicted molar refractivity (Wildman–Crippen MR) is 86.7 cm³/mol. The second kappa shape index (κ2) is 8.32. The first-order valence-corrected chi connectivity index (χ1v) is 7.77. The molecule has 0 spiro atoms. The van der Waals surface area contributed by atoms with Gasteiger partial charge in [0, 0.05) is 46.0 Å². The Hall–Kier alpha value is -1.17. The third-order valence-corrected chi connectivity index (χ3v) is 4.15. The van der Waals surface area contributed by atoms with E-state index in [0.29, 0.717) is 6.04 Å². The van der Waals surface area contributed by atoms with Gasteiger partial charge in [0.15, 0.2) is 0 Å². The van der Waals surface area contributed by atoms with Crippen LogP contribution in [0.4, 0.5) is 5.82 Å². The summed E-state index contributed by atoms with van der Waals surface area (Å²) in [6.45, 7) is 4.89. The Morgan fingerprint density at radius 3 is 3.00 bits per heavy atom. The molecule has 1 aliphatic heterocycles. The number of anilines is 1. The summed E-state index contributed by atoms with van der Waals surface area (Å²) in [4.78, 5) is 9.19. The smallest absolute Gasteiger partial charge is 0.128 e. The van der Waals surface area contributed by atoms with Crippen molar-refractivity contribution < 1.29 is 4.74 Å². The van der Waals surface area contributed by atoms with Crippen molar-refractivity contribution in [3.8, 4) is 0 Å². The number of nitrogens with one attached hydrogen (secondary N) is 1. The third kappa shape index (κ3) is 4.95. The molecule has 118 valence electrons. The maximum absolute atomic E-state index is 5.10. The molecule has 21 heavy (non-hydrogen) atoms. The van der Waals surface area contributed by atoms with E-state index in [0.717, 1.165) is 32.1 Å². The van der Waals surface area contributed by atoms with Crippen LogP contribution in [0.1, 0.15) is 18.4 Å². The van der Waals surface area contributed by atoms with Gasteiger partial charge in [-0.2, -0.15) is 0 Å². The lowest BCUT2D eigenvalue weighted by molar-refractivity contribution is 0.188. The van der Waals surface area contributed by atoms with Gasteiger partial charge in [0.2, 0.25) is 0 Å². The maximum Gasteiger partial charge on any atom is 0.128 e. The van der Waals surface area contributed by atoms with Crippen LogP contribution < -0.4 is 10.2 Å². The number of nitrogens with zero attached hydrogens (tertiary/aromatic N) is 3. The van der Waals surface area contributed by atoms with Crippen molar-refractivity contribution in [1.82, 2.24) is 15.2 Å². The van der Waals surface area contributed by atoms with Crippen LogP contribution in [-0.4, -0.2) is 63.4 Å². The molecular weight excluding hydrogens is 264 g/mol. The average molecular weight is 292 g/mol. The van der Waals surface area contributed by atoms with Crippen LogP contribution in [0.5, 0.6) is 0 Å². The first kappa shape index (κ1) is 16.2. The molecule has 0 radical (unpaired) electrons. The second-order valence-electron chi connectivity index (χ2n) is 5.80. The van der Waals surface area contributed by atoms with E-state index >= 15 is 0 Å². The molecule has 1 atom stereocenters. The van der Waals surface area contributed by atoms with E-state index in [4.69, 9.17) is 4.74 Å². The van der Waals surface area contributed by atoms with Crippen LogP contribution in [0.15, 0.2) is 18.3 Å². The molecule has 0 amide bonds. The fraction of sp³-hybridized carbons (Fsp3) is 0.688. The molecule has 2 heterocycles. The molecule has 0 saturated carbocycles. The highest BCUT2D eigenvalue weighted by atomic mass is 16.5. The number of likely N-dealkylation sites (tertiary alicyclic amines) is 1. The Morgan fingerprint density at radius 1 is 1.48 bits per heavy atom. The Kier molecular flexibility index (Phi) is 6.42. The normalized spacial score (nSPS) is 19.7. The zero-order valence-corrected chi connectivity index (χ0v) is 13.5. The molecule has 0 aromatic carbocycles. The quantitative estimate of drug-likeness (QED) is 0.821. The van der Waals surface area contributed by atoms with Gasteiger partial charge in [-0.15, -0.1) is 0 Å². The van der Waals surface area contributed by atoms with Gasteiger partial charge in [-0.3, -0.25) is 4.90 Å². The van der Waals surface area contributed by atoms with E-state index in [1.54, 1.807) is 7.11 Å². The fourth-order valence-corrected chi connectivity index (χ4v) is 2.77. The van der Waals surface area contributed by atoms with Gasteiger partial charge >= 0.3 is 0 Å². The van der Waals surface area contributed by atoms with Gasteiger partial charge in [-0.1, -0.05) is 6.07 Å². The number of likely N-dealkylation sites (N-methyl/N-ethyl adjacent to an activating group) is 2. The number of hydrogen-bond donors (Lipinski definition) is 1. The van der Waals surface area contributed by atoms with Crippen LogP contribution in [0.2, 0.25) is 0 Å². The van der Waals surface area contributed by atoms with Crippen LogP contribution >= 0.6 is 0 Å². The molecule has 0 aliphatic carbocycles. The number of aromatic nitrogens is 1. The molecule has 1 N–H and O–H groups in total. The van der Waals surface area contributed by atoms with Gasteiger partial charge < -0.3 is 15.0 Å². The van der Waals surface area contributed by atoms with E-state index in [-0.39, 0.29) is 0 Å².